The maximum Gasteiger partial charge on any atom is 0.248 e. The zero-order valence-corrected chi connectivity index (χ0v) is 11.3. The molecule has 0 spiro atoms. The van der Waals surface area contributed by atoms with E-state index in [1.165, 1.54) is 12.1 Å². The molecule has 100 valence electrons. The molecule has 4 heteroatoms. The number of nitrogens with zero attached hydrogens (tertiary/aromatic N) is 1. The third kappa shape index (κ3) is 4.11. The van der Waals surface area contributed by atoms with E-state index < -0.39 is 0 Å². The summed E-state index contributed by atoms with van der Waals surface area (Å²) in [5, 5.41) is 0. The summed E-state index contributed by atoms with van der Waals surface area (Å²) in [5.41, 5.74) is 0.900. The number of benzene rings is 1. The SMILES string of the molecule is CC(C)OCC(=O)N(C)C(C)c1ccc(F)cc1. The summed E-state index contributed by atoms with van der Waals surface area (Å²) in [4.78, 5) is 13.5. The fourth-order valence-corrected chi connectivity index (χ4v) is 1.52. The van der Waals surface area contributed by atoms with Gasteiger partial charge in [0, 0.05) is 7.05 Å². The van der Waals surface area contributed by atoms with E-state index >= 15 is 0 Å². The summed E-state index contributed by atoms with van der Waals surface area (Å²) in [6, 6.07) is 6.07. The smallest absolute Gasteiger partial charge is 0.248 e. The Morgan fingerprint density at radius 2 is 1.83 bits per heavy atom. The largest absolute Gasteiger partial charge is 0.369 e. The van der Waals surface area contributed by atoms with Crippen LogP contribution in [0.2, 0.25) is 0 Å². The van der Waals surface area contributed by atoms with Gasteiger partial charge in [0.1, 0.15) is 12.4 Å². The molecule has 0 bridgehead atoms. The Labute approximate surface area is 108 Å². The third-order valence-electron chi connectivity index (χ3n) is 2.87. The number of ether oxygens (including phenoxy) is 1. The highest BCUT2D eigenvalue weighted by Gasteiger charge is 2.17. The number of halogens is 1. The molecule has 0 aliphatic rings. The summed E-state index contributed by atoms with van der Waals surface area (Å²) in [6.45, 7) is 5.74. The van der Waals surface area contributed by atoms with E-state index in [1.807, 2.05) is 20.8 Å². The molecule has 0 aliphatic heterocycles. The number of carbonyl (C=O) groups is 1. The molecule has 1 amide bonds. The fraction of sp³-hybridized carbons (Fsp3) is 0.500. The lowest BCUT2D eigenvalue weighted by Crippen LogP contribution is -2.33. The highest BCUT2D eigenvalue weighted by Crippen LogP contribution is 2.19. The number of likely N-dealkylation sites (N-methyl/N-ethyl adjacent to an activating group) is 1. The summed E-state index contributed by atoms with van der Waals surface area (Å²) in [7, 11) is 1.72. The van der Waals surface area contributed by atoms with Crippen molar-refractivity contribution in [3.8, 4) is 0 Å². The lowest BCUT2D eigenvalue weighted by Gasteiger charge is -2.25. The van der Waals surface area contributed by atoms with Crippen LogP contribution < -0.4 is 0 Å². The van der Waals surface area contributed by atoms with Crippen LogP contribution in [0.3, 0.4) is 0 Å². The molecule has 0 saturated heterocycles. The van der Waals surface area contributed by atoms with Crippen molar-refractivity contribution in [1.29, 1.82) is 0 Å². The highest BCUT2D eigenvalue weighted by atomic mass is 19.1. The van der Waals surface area contributed by atoms with E-state index in [2.05, 4.69) is 0 Å². The van der Waals surface area contributed by atoms with Gasteiger partial charge in [0.05, 0.1) is 12.1 Å². The van der Waals surface area contributed by atoms with Crippen molar-refractivity contribution >= 4 is 5.91 Å². The fourth-order valence-electron chi connectivity index (χ4n) is 1.52. The highest BCUT2D eigenvalue weighted by molar-refractivity contribution is 5.77. The summed E-state index contributed by atoms with van der Waals surface area (Å²) in [5.74, 6) is -0.358. The quantitative estimate of drug-likeness (QED) is 0.807. The van der Waals surface area contributed by atoms with Crippen LogP contribution in [0.4, 0.5) is 4.39 Å². The molecule has 0 N–H and O–H groups in total. The summed E-state index contributed by atoms with van der Waals surface area (Å²) >= 11 is 0. The van der Waals surface area contributed by atoms with Gasteiger partial charge in [0.25, 0.3) is 0 Å². The van der Waals surface area contributed by atoms with Gasteiger partial charge in [-0.1, -0.05) is 12.1 Å². The number of hydrogen-bond donors (Lipinski definition) is 0. The van der Waals surface area contributed by atoms with Crippen LogP contribution in [0.1, 0.15) is 32.4 Å². The first-order chi connectivity index (χ1) is 8.41. The predicted molar refractivity (Wildman–Crippen MR) is 68.7 cm³/mol. The van der Waals surface area contributed by atoms with Gasteiger partial charge in [0.15, 0.2) is 0 Å². The van der Waals surface area contributed by atoms with Crippen LogP contribution >= 0.6 is 0 Å². The molecule has 0 aromatic heterocycles. The van der Waals surface area contributed by atoms with Crippen molar-refractivity contribution in [3.63, 3.8) is 0 Å². The molecular formula is C14H20FNO2. The lowest BCUT2D eigenvalue weighted by molar-refractivity contribution is -0.138. The second-order valence-corrected chi connectivity index (χ2v) is 4.59. The third-order valence-corrected chi connectivity index (χ3v) is 2.87. The van der Waals surface area contributed by atoms with Crippen LogP contribution in [0.25, 0.3) is 0 Å². The normalized spacial score (nSPS) is 12.6. The van der Waals surface area contributed by atoms with Crippen molar-refractivity contribution < 1.29 is 13.9 Å². The molecule has 0 fully saturated rings. The first kappa shape index (κ1) is 14.6. The van der Waals surface area contributed by atoms with E-state index in [-0.39, 0.29) is 30.5 Å². The molecule has 0 heterocycles. The number of rotatable bonds is 5. The second-order valence-electron chi connectivity index (χ2n) is 4.59. The minimum Gasteiger partial charge on any atom is -0.369 e. The average Bonchev–Trinajstić information content (AvgIpc) is 2.35. The van der Waals surface area contributed by atoms with Crippen molar-refractivity contribution in [2.45, 2.75) is 32.9 Å². The van der Waals surface area contributed by atoms with E-state index in [1.54, 1.807) is 24.1 Å². The monoisotopic (exact) mass is 253 g/mol. The Kier molecular flexibility index (Phi) is 5.28. The van der Waals surface area contributed by atoms with Crippen molar-refractivity contribution in [2.75, 3.05) is 13.7 Å². The Morgan fingerprint density at radius 1 is 1.28 bits per heavy atom. The molecular weight excluding hydrogens is 233 g/mol. The van der Waals surface area contributed by atoms with E-state index in [0.717, 1.165) is 5.56 Å². The Morgan fingerprint density at radius 3 is 2.33 bits per heavy atom. The maximum atomic E-state index is 12.8. The van der Waals surface area contributed by atoms with E-state index in [9.17, 15) is 9.18 Å². The van der Waals surface area contributed by atoms with Crippen LogP contribution in [0.15, 0.2) is 24.3 Å². The Hall–Kier alpha value is -1.42. The van der Waals surface area contributed by atoms with E-state index in [0.29, 0.717) is 0 Å². The molecule has 0 saturated carbocycles. The van der Waals surface area contributed by atoms with Crippen molar-refractivity contribution in [2.24, 2.45) is 0 Å². The zero-order valence-electron chi connectivity index (χ0n) is 11.3. The van der Waals surface area contributed by atoms with Gasteiger partial charge < -0.3 is 9.64 Å². The standard InChI is InChI=1S/C14H20FNO2/c1-10(2)18-9-14(17)16(4)11(3)12-5-7-13(15)8-6-12/h5-8,10-11H,9H2,1-4H3. The van der Waals surface area contributed by atoms with Gasteiger partial charge in [-0.2, -0.15) is 0 Å². The topological polar surface area (TPSA) is 29.5 Å². The molecule has 18 heavy (non-hydrogen) atoms. The summed E-state index contributed by atoms with van der Waals surface area (Å²) in [6.07, 6.45) is 0.0310. The van der Waals surface area contributed by atoms with Gasteiger partial charge in [0.2, 0.25) is 5.91 Å². The first-order valence-electron chi connectivity index (χ1n) is 6.04. The van der Waals surface area contributed by atoms with Crippen LogP contribution in [0, 0.1) is 5.82 Å². The molecule has 3 nitrogen and oxygen atoms in total. The van der Waals surface area contributed by atoms with Crippen molar-refractivity contribution in [3.05, 3.63) is 35.6 Å². The van der Waals surface area contributed by atoms with E-state index in [4.69, 9.17) is 4.74 Å². The molecule has 1 rings (SSSR count). The van der Waals surface area contributed by atoms with Gasteiger partial charge in [-0.15, -0.1) is 0 Å². The second kappa shape index (κ2) is 6.50. The van der Waals surface area contributed by atoms with Crippen LogP contribution in [0.5, 0.6) is 0 Å². The first-order valence-corrected chi connectivity index (χ1v) is 6.04. The predicted octanol–water partition coefficient (Wildman–Crippen LogP) is 2.77. The van der Waals surface area contributed by atoms with Crippen LogP contribution in [-0.4, -0.2) is 30.6 Å². The Bertz CT molecular complexity index is 389. The van der Waals surface area contributed by atoms with Gasteiger partial charge in [-0.3, -0.25) is 4.79 Å². The van der Waals surface area contributed by atoms with Crippen LogP contribution in [-0.2, 0) is 9.53 Å². The number of carbonyl (C=O) groups excluding carboxylic acids is 1. The van der Waals surface area contributed by atoms with Gasteiger partial charge >= 0.3 is 0 Å². The molecule has 1 unspecified atom stereocenters. The minimum absolute atomic E-state index is 0.0310. The average molecular weight is 253 g/mol. The van der Waals surface area contributed by atoms with Gasteiger partial charge in [-0.05, 0) is 38.5 Å². The molecule has 1 atom stereocenters. The molecule has 0 radical (unpaired) electrons. The lowest BCUT2D eigenvalue weighted by atomic mass is 10.1. The summed E-state index contributed by atoms with van der Waals surface area (Å²) < 4.78 is 18.1. The Balaban J connectivity index is 2.62. The molecule has 1 aromatic carbocycles. The minimum atomic E-state index is -0.275. The zero-order chi connectivity index (χ0) is 13.7. The molecule has 1 aromatic rings. The van der Waals surface area contributed by atoms with Crippen molar-refractivity contribution in [1.82, 2.24) is 4.90 Å². The number of amides is 1. The maximum absolute atomic E-state index is 12.8. The number of hydrogen-bond acceptors (Lipinski definition) is 2. The van der Waals surface area contributed by atoms with Gasteiger partial charge in [-0.25, -0.2) is 4.39 Å². The molecule has 0 aliphatic carbocycles.